The van der Waals surface area contributed by atoms with Crippen LogP contribution in [-0.4, -0.2) is 37.2 Å². The van der Waals surface area contributed by atoms with Crippen LogP contribution in [0.3, 0.4) is 0 Å². The first-order chi connectivity index (χ1) is 35.0. The standard InChI is InChI=1S/C65H106O6/c1-4-7-10-13-16-19-22-25-28-30-31-32-33-35-37-40-43-46-49-52-55-58-64(67)70-61-62(60-69-63(66)57-54-51-48-45-42-39-36-27-24-21-18-15-12-9-6-3)71-65(68)59-56-53-50-47-44-41-38-34-29-26-23-20-17-14-11-8-5-2/h8-9,11-12,17-18,20-21,26-27,29-31,36,38,41-42,45,51,54,62H,4-7,10,13-16,19,22-25,28,32-35,37,39-40,43-44,46-50,52-53,55-61H2,1-3H3/b11-8-,12-9-,20-17-,21-18-,29-26-,31-30-,36-27-,41-38-,45-42-,54-51-. The number of rotatable bonds is 51. The van der Waals surface area contributed by atoms with Crippen molar-refractivity contribution in [3.63, 3.8) is 0 Å². The Morgan fingerprint density at radius 1 is 0.310 bits per heavy atom. The first-order valence-electron chi connectivity index (χ1n) is 29.0. The number of carbonyl (C=O) groups excluding carboxylic acids is 3. The number of allylic oxidation sites excluding steroid dienone is 19. The minimum absolute atomic E-state index is 0.117. The summed E-state index contributed by atoms with van der Waals surface area (Å²) in [5.41, 5.74) is 0. The third-order valence-electron chi connectivity index (χ3n) is 12.0. The van der Waals surface area contributed by atoms with Gasteiger partial charge in [-0.15, -0.1) is 0 Å². The van der Waals surface area contributed by atoms with Crippen LogP contribution < -0.4 is 0 Å². The van der Waals surface area contributed by atoms with Gasteiger partial charge in [0.15, 0.2) is 6.10 Å². The minimum Gasteiger partial charge on any atom is -0.462 e. The summed E-state index contributed by atoms with van der Waals surface area (Å²) in [6, 6.07) is 0. The molecule has 0 saturated heterocycles. The maximum atomic E-state index is 12.8. The van der Waals surface area contributed by atoms with Gasteiger partial charge in [-0.2, -0.15) is 0 Å². The molecule has 0 aromatic carbocycles. The van der Waals surface area contributed by atoms with E-state index in [1.165, 1.54) is 103 Å². The van der Waals surface area contributed by atoms with Gasteiger partial charge < -0.3 is 14.2 Å². The molecule has 0 heterocycles. The van der Waals surface area contributed by atoms with E-state index >= 15 is 0 Å². The highest BCUT2D eigenvalue weighted by atomic mass is 16.6. The number of ether oxygens (including phenoxy) is 3. The molecule has 0 fully saturated rings. The molecule has 0 aliphatic heterocycles. The predicted octanol–water partition coefficient (Wildman–Crippen LogP) is 19.6. The Bertz CT molecular complexity index is 1500. The SMILES string of the molecule is CC/C=C\C/C=C\C/C=C\C/C=C\C/C=C\CC(=O)OCC(COC(=O)CCCCCCCCCCC/C=C\CCCCCCCCCC)OC(=O)CCCCCC/C=C\C/C=C\C/C=C\C/C=C\CC. The molecule has 0 N–H and O–H groups in total. The van der Waals surface area contributed by atoms with Crippen LogP contribution in [0.4, 0.5) is 0 Å². The van der Waals surface area contributed by atoms with E-state index in [0.29, 0.717) is 6.42 Å². The largest absolute Gasteiger partial charge is 0.462 e. The fourth-order valence-corrected chi connectivity index (χ4v) is 7.68. The Morgan fingerprint density at radius 2 is 0.606 bits per heavy atom. The van der Waals surface area contributed by atoms with Crippen LogP contribution >= 0.6 is 0 Å². The van der Waals surface area contributed by atoms with E-state index in [1.54, 1.807) is 6.08 Å². The van der Waals surface area contributed by atoms with Crippen molar-refractivity contribution in [1.29, 1.82) is 0 Å². The molecule has 6 heteroatoms. The number of unbranched alkanes of at least 4 members (excludes halogenated alkanes) is 21. The second kappa shape index (κ2) is 58.4. The maximum absolute atomic E-state index is 12.8. The Morgan fingerprint density at radius 3 is 1.00 bits per heavy atom. The van der Waals surface area contributed by atoms with E-state index in [2.05, 4.69) is 130 Å². The Balaban J connectivity index is 4.50. The first-order valence-corrected chi connectivity index (χ1v) is 29.0. The van der Waals surface area contributed by atoms with Crippen LogP contribution in [0, 0.1) is 0 Å². The summed E-state index contributed by atoms with van der Waals surface area (Å²) in [6.07, 6.45) is 80.8. The lowest BCUT2D eigenvalue weighted by Gasteiger charge is -2.18. The minimum atomic E-state index is -0.836. The van der Waals surface area contributed by atoms with Crippen LogP contribution in [0.5, 0.6) is 0 Å². The average molecular weight is 984 g/mol. The van der Waals surface area contributed by atoms with Gasteiger partial charge in [-0.3, -0.25) is 14.4 Å². The van der Waals surface area contributed by atoms with E-state index in [9.17, 15) is 14.4 Å². The molecule has 0 aromatic heterocycles. The highest BCUT2D eigenvalue weighted by Crippen LogP contribution is 2.14. The van der Waals surface area contributed by atoms with E-state index in [4.69, 9.17) is 14.2 Å². The van der Waals surface area contributed by atoms with Gasteiger partial charge in [0, 0.05) is 12.8 Å². The Hall–Kier alpha value is -4.19. The molecule has 0 aliphatic rings. The molecule has 1 unspecified atom stereocenters. The Kier molecular flexibility index (Phi) is 54.9. The average Bonchev–Trinajstić information content (AvgIpc) is 3.37. The van der Waals surface area contributed by atoms with E-state index in [1.807, 2.05) is 6.08 Å². The van der Waals surface area contributed by atoms with Crippen molar-refractivity contribution >= 4 is 17.9 Å². The molecule has 71 heavy (non-hydrogen) atoms. The summed E-state index contributed by atoms with van der Waals surface area (Å²) < 4.78 is 16.7. The highest BCUT2D eigenvalue weighted by molar-refractivity contribution is 5.72. The number of hydrogen-bond acceptors (Lipinski definition) is 6. The maximum Gasteiger partial charge on any atom is 0.309 e. The van der Waals surface area contributed by atoms with E-state index in [-0.39, 0.29) is 38.0 Å². The second-order valence-electron chi connectivity index (χ2n) is 18.8. The van der Waals surface area contributed by atoms with E-state index < -0.39 is 12.1 Å². The molecule has 1 atom stereocenters. The number of carbonyl (C=O) groups is 3. The third-order valence-corrected chi connectivity index (χ3v) is 12.0. The smallest absolute Gasteiger partial charge is 0.309 e. The van der Waals surface area contributed by atoms with Gasteiger partial charge in [0.2, 0.25) is 0 Å². The van der Waals surface area contributed by atoms with Gasteiger partial charge in [-0.05, 0) is 109 Å². The summed E-state index contributed by atoms with van der Waals surface area (Å²) in [5, 5.41) is 0. The summed E-state index contributed by atoms with van der Waals surface area (Å²) in [7, 11) is 0. The molecule has 0 spiro atoms. The van der Waals surface area contributed by atoms with Crippen LogP contribution in [0.25, 0.3) is 0 Å². The quantitative estimate of drug-likeness (QED) is 0.0261. The molecule has 0 aliphatic carbocycles. The lowest BCUT2D eigenvalue weighted by atomic mass is 10.1. The summed E-state index contributed by atoms with van der Waals surface area (Å²) in [4.78, 5) is 38.1. The van der Waals surface area contributed by atoms with Crippen molar-refractivity contribution in [2.45, 2.75) is 258 Å². The summed E-state index contributed by atoms with van der Waals surface area (Å²) in [6.45, 7) is 6.30. The normalized spacial score (nSPS) is 13.0. The van der Waals surface area contributed by atoms with Crippen molar-refractivity contribution < 1.29 is 28.6 Å². The summed E-state index contributed by atoms with van der Waals surface area (Å²) in [5.74, 6) is -1.08. The van der Waals surface area contributed by atoms with Crippen molar-refractivity contribution in [3.8, 4) is 0 Å². The summed E-state index contributed by atoms with van der Waals surface area (Å²) >= 11 is 0. The lowest BCUT2D eigenvalue weighted by Crippen LogP contribution is -2.30. The fraction of sp³-hybridized carbons (Fsp3) is 0.646. The van der Waals surface area contributed by atoms with Crippen LogP contribution in [-0.2, 0) is 28.6 Å². The van der Waals surface area contributed by atoms with Crippen molar-refractivity contribution in [3.05, 3.63) is 122 Å². The van der Waals surface area contributed by atoms with Gasteiger partial charge in [0.25, 0.3) is 0 Å². The Labute approximate surface area is 437 Å². The third kappa shape index (κ3) is 56.6. The zero-order valence-corrected chi connectivity index (χ0v) is 45.9. The van der Waals surface area contributed by atoms with Crippen molar-refractivity contribution in [1.82, 2.24) is 0 Å². The molecule has 0 amide bonds. The van der Waals surface area contributed by atoms with Crippen molar-refractivity contribution in [2.24, 2.45) is 0 Å². The van der Waals surface area contributed by atoms with Gasteiger partial charge in [-0.1, -0.05) is 245 Å². The van der Waals surface area contributed by atoms with Crippen LogP contribution in [0.15, 0.2) is 122 Å². The monoisotopic (exact) mass is 983 g/mol. The first kappa shape index (κ1) is 66.8. The molecule has 6 nitrogen and oxygen atoms in total. The van der Waals surface area contributed by atoms with Crippen molar-refractivity contribution in [2.75, 3.05) is 13.2 Å². The topological polar surface area (TPSA) is 78.9 Å². The molecule has 0 saturated carbocycles. The molecule has 0 bridgehead atoms. The fourth-order valence-electron chi connectivity index (χ4n) is 7.68. The lowest BCUT2D eigenvalue weighted by molar-refractivity contribution is -0.166. The molecule has 402 valence electrons. The van der Waals surface area contributed by atoms with Gasteiger partial charge in [0.1, 0.15) is 13.2 Å². The van der Waals surface area contributed by atoms with E-state index in [0.717, 1.165) is 109 Å². The van der Waals surface area contributed by atoms with Crippen LogP contribution in [0.2, 0.25) is 0 Å². The number of esters is 3. The second-order valence-corrected chi connectivity index (χ2v) is 18.8. The molecule has 0 aromatic rings. The van der Waals surface area contributed by atoms with Crippen LogP contribution in [0.1, 0.15) is 252 Å². The van der Waals surface area contributed by atoms with Gasteiger partial charge in [0.05, 0.1) is 6.42 Å². The predicted molar refractivity (Wildman–Crippen MR) is 306 cm³/mol. The molecule has 0 rings (SSSR count). The van der Waals surface area contributed by atoms with Gasteiger partial charge >= 0.3 is 17.9 Å². The number of hydrogen-bond donors (Lipinski definition) is 0. The zero-order valence-electron chi connectivity index (χ0n) is 45.9. The zero-order chi connectivity index (χ0) is 51.4. The molecule has 0 radical (unpaired) electrons. The highest BCUT2D eigenvalue weighted by Gasteiger charge is 2.19. The van der Waals surface area contributed by atoms with Gasteiger partial charge in [-0.25, -0.2) is 0 Å². The molecular weight excluding hydrogens is 877 g/mol. The molecular formula is C65H106O6.